The third-order valence-electron chi connectivity index (χ3n) is 10.6. The Labute approximate surface area is 362 Å². The molecule has 0 radical (unpaired) electrons. The predicted octanol–water partition coefficient (Wildman–Crippen LogP) is 12.7. The topological polar surface area (TPSA) is 114 Å². The van der Waals surface area contributed by atoms with Gasteiger partial charge in [0.25, 0.3) is 17.7 Å². The van der Waals surface area contributed by atoms with Gasteiger partial charge in [-0.1, -0.05) is 142 Å². The summed E-state index contributed by atoms with van der Waals surface area (Å²) in [5.41, 5.74) is 0.648. The summed E-state index contributed by atoms with van der Waals surface area (Å²) >= 11 is 0. The molecule has 1 aromatic rings. The van der Waals surface area contributed by atoms with Crippen molar-refractivity contribution in [2.24, 2.45) is 0 Å². The molecule has 0 unspecified atom stereocenters. The van der Waals surface area contributed by atoms with Crippen molar-refractivity contribution in [2.75, 3.05) is 26.2 Å². The van der Waals surface area contributed by atoms with Crippen molar-refractivity contribution >= 4 is 23.7 Å². The van der Waals surface area contributed by atoms with E-state index in [4.69, 9.17) is 0 Å². The van der Waals surface area contributed by atoms with E-state index in [2.05, 4.69) is 34.5 Å². The number of alkyl halides is 9. The van der Waals surface area contributed by atoms with Crippen LogP contribution in [0.2, 0.25) is 0 Å². The molecule has 0 spiro atoms. The van der Waals surface area contributed by atoms with Crippen molar-refractivity contribution in [3.8, 4) is 0 Å². The Balaban J connectivity index is 2.52. The molecule has 0 bridgehead atoms. The second-order valence-electron chi connectivity index (χ2n) is 16.1. The summed E-state index contributed by atoms with van der Waals surface area (Å²) in [6.07, 6.45) is 15.3. The van der Waals surface area contributed by atoms with Crippen LogP contribution >= 0.6 is 0 Å². The molecule has 1 aromatic carbocycles. The Hall–Kier alpha value is -3.53. The van der Waals surface area contributed by atoms with Crippen molar-refractivity contribution < 1.29 is 63.4 Å². The van der Waals surface area contributed by atoms with E-state index in [1.807, 2.05) is 0 Å². The van der Waals surface area contributed by atoms with Crippen LogP contribution in [0.15, 0.2) is 18.2 Å². The summed E-state index contributed by atoms with van der Waals surface area (Å²) in [6, 6.07) is 4.49. The highest BCUT2D eigenvalue weighted by atomic mass is 19.4. The molecule has 0 fully saturated rings. The second kappa shape index (κ2) is 30.5. The van der Waals surface area contributed by atoms with Crippen LogP contribution in [0.5, 0.6) is 0 Å². The molecule has 17 heteroatoms. The number of halogens is 9. The maximum absolute atomic E-state index is 13.6. The quantitative estimate of drug-likeness (QED) is 0.0353. The van der Waals surface area contributed by atoms with Crippen LogP contribution < -0.4 is 16.0 Å². The molecule has 1 rings (SSSR count). The average Bonchev–Trinajstić information content (AvgIpc) is 3.22. The largest absolute Gasteiger partial charge is 0.460 e. The van der Waals surface area contributed by atoms with Crippen molar-refractivity contribution in [3.05, 3.63) is 34.9 Å². The highest BCUT2D eigenvalue weighted by Gasteiger charge is 2.82. The number of amides is 3. The smallest absolute Gasteiger partial charge is 0.459 e. The molecule has 62 heavy (non-hydrogen) atoms. The first-order chi connectivity index (χ1) is 29.3. The van der Waals surface area contributed by atoms with Gasteiger partial charge in [0.15, 0.2) is 6.61 Å². The van der Waals surface area contributed by atoms with Crippen LogP contribution in [-0.2, 0) is 9.53 Å². The minimum absolute atomic E-state index is 0.0935. The number of carbonyl (C=O) groups is 4. The summed E-state index contributed by atoms with van der Waals surface area (Å²) in [6.45, 7) is 3.05. The van der Waals surface area contributed by atoms with Crippen LogP contribution in [-0.4, -0.2) is 73.9 Å². The standard InChI is InChI=1S/C45H70F9N3O5/c1-3-5-7-9-11-16-20-24-28-55-39(59)35-31-36(40(60)56-29-25-21-17-12-10-8-6-4-2)33-37(32-35)41(61)57-30-26-22-18-14-13-15-19-23-27-38(58)62-34-42(46,47)43(48,49)44(50,51)45(52,53)54/h31-33H,3-30,34H2,1-2H3,(H,55,59)(H,56,60)(H,57,61). The third-order valence-corrected chi connectivity index (χ3v) is 10.6. The molecule has 0 atom stereocenters. The van der Waals surface area contributed by atoms with Crippen molar-refractivity contribution in [2.45, 2.75) is 198 Å². The van der Waals surface area contributed by atoms with Gasteiger partial charge < -0.3 is 20.7 Å². The molecular weight excluding hydrogens is 833 g/mol. The monoisotopic (exact) mass is 904 g/mol. The summed E-state index contributed by atoms with van der Waals surface area (Å²) in [5, 5.41) is 8.69. The molecule has 3 amide bonds. The van der Waals surface area contributed by atoms with Crippen molar-refractivity contribution in [1.29, 1.82) is 0 Å². The normalized spacial score (nSPS) is 12.3. The molecule has 358 valence electrons. The first-order valence-corrected chi connectivity index (χ1v) is 22.7. The lowest BCUT2D eigenvalue weighted by atomic mass is 10.0. The van der Waals surface area contributed by atoms with Crippen molar-refractivity contribution in [1.82, 2.24) is 16.0 Å². The van der Waals surface area contributed by atoms with Gasteiger partial charge in [0.2, 0.25) is 0 Å². The van der Waals surface area contributed by atoms with Crippen LogP contribution in [0.1, 0.15) is 205 Å². The molecule has 3 N–H and O–H groups in total. The van der Waals surface area contributed by atoms with E-state index in [0.717, 1.165) is 64.2 Å². The number of rotatable bonds is 36. The summed E-state index contributed by atoms with van der Waals surface area (Å²) in [7, 11) is 0. The molecule has 0 saturated carbocycles. The van der Waals surface area contributed by atoms with Gasteiger partial charge in [-0.3, -0.25) is 19.2 Å². The highest BCUT2D eigenvalue weighted by Crippen LogP contribution is 2.53. The second-order valence-corrected chi connectivity index (χ2v) is 16.1. The minimum Gasteiger partial charge on any atom is -0.459 e. The molecule has 0 aromatic heterocycles. The van der Waals surface area contributed by atoms with E-state index in [9.17, 15) is 58.7 Å². The van der Waals surface area contributed by atoms with Gasteiger partial charge in [-0.05, 0) is 43.9 Å². The van der Waals surface area contributed by atoms with Crippen LogP contribution in [0.3, 0.4) is 0 Å². The molecule has 8 nitrogen and oxygen atoms in total. The summed E-state index contributed by atoms with van der Waals surface area (Å²) < 4.78 is 120. The fourth-order valence-electron chi connectivity index (χ4n) is 6.65. The molecular formula is C45H70F9N3O5. The van der Waals surface area contributed by atoms with E-state index in [1.54, 1.807) is 0 Å². The van der Waals surface area contributed by atoms with E-state index >= 15 is 0 Å². The van der Waals surface area contributed by atoms with Gasteiger partial charge >= 0.3 is 29.9 Å². The predicted molar refractivity (Wildman–Crippen MR) is 222 cm³/mol. The Bertz CT molecular complexity index is 1390. The Morgan fingerprint density at radius 1 is 0.435 bits per heavy atom. The van der Waals surface area contributed by atoms with Gasteiger partial charge in [0.1, 0.15) is 0 Å². The van der Waals surface area contributed by atoms with Gasteiger partial charge in [-0.15, -0.1) is 0 Å². The third kappa shape index (κ3) is 21.7. The highest BCUT2D eigenvalue weighted by molar-refractivity contribution is 6.04. The number of carbonyl (C=O) groups excluding carboxylic acids is 4. The fourth-order valence-corrected chi connectivity index (χ4v) is 6.65. The molecule has 0 aliphatic carbocycles. The fraction of sp³-hybridized carbons (Fsp3) is 0.778. The number of unbranched alkanes of at least 4 members (excludes halogenated alkanes) is 21. The zero-order chi connectivity index (χ0) is 46.5. The van der Waals surface area contributed by atoms with Gasteiger partial charge in [0.05, 0.1) is 0 Å². The Kier molecular flexibility index (Phi) is 27.8. The van der Waals surface area contributed by atoms with Crippen LogP contribution in [0, 0.1) is 0 Å². The minimum atomic E-state index is -7.04. The molecule has 0 heterocycles. The van der Waals surface area contributed by atoms with E-state index in [-0.39, 0.29) is 34.9 Å². The molecule has 0 aliphatic heterocycles. The van der Waals surface area contributed by atoms with Gasteiger partial charge in [0, 0.05) is 42.7 Å². The van der Waals surface area contributed by atoms with Gasteiger partial charge in [-0.2, -0.15) is 39.5 Å². The number of hydrogen-bond donors (Lipinski definition) is 3. The number of ether oxygens (including phenoxy) is 1. The van der Waals surface area contributed by atoms with Crippen molar-refractivity contribution in [3.63, 3.8) is 0 Å². The SMILES string of the molecule is CCCCCCCCCCNC(=O)c1cc(C(=O)NCCCCCCCCCC)cc(C(=O)NCCCCCCCCCCC(=O)OCC(F)(F)C(F)(F)C(F)(F)C(F)(F)F)c1. The Morgan fingerprint density at radius 2 is 0.726 bits per heavy atom. The lowest BCUT2D eigenvalue weighted by Gasteiger charge is -2.33. The van der Waals surface area contributed by atoms with Crippen LogP contribution in [0.25, 0.3) is 0 Å². The number of nitrogens with one attached hydrogen (secondary N) is 3. The number of benzene rings is 1. The lowest BCUT2D eigenvalue weighted by Crippen LogP contribution is -2.62. The maximum atomic E-state index is 13.6. The lowest BCUT2D eigenvalue weighted by molar-refractivity contribution is -0.398. The summed E-state index contributed by atoms with van der Waals surface area (Å²) in [4.78, 5) is 51.1. The van der Waals surface area contributed by atoms with Gasteiger partial charge in [-0.25, -0.2) is 0 Å². The van der Waals surface area contributed by atoms with Crippen LogP contribution in [0.4, 0.5) is 39.5 Å². The van der Waals surface area contributed by atoms with E-state index < -0.39 is 48.8 Å². The molecule has 0 saturated heterocycles. The summed E-state index contributed by atoms with van der Waals surface area (Å²) in [5.74, 6) is -22.4. The zero-order valence-electron chi connectivity index (χ0n) is 36.7. The Morgan fingerprint density at radius 3 is 1.03 bits per heavy atom. The van der Waals surface area contributed by atoms with E-state index in [1.165, 1.54) is 82.4 Å². The maximum Gasteiger partial charge on any atom is 0.460 e. The van der Waals surface area contributed by atoms with E-state index in [0.29, 0.717) is 38.9 Å². The zero-order valence-corrected chi connectivity index (χ0v) is 36.7. The molecule has 0 aliphatic rings. The number of hydrogen-bond acceptors (Lipinski definition) is 5. The first kappa shape index (κ1) is 56.5. The first-order valence-electron chi connectivity index (χ1n) is 22.7. The number of esters is 1. The average molecular weight is 904 g/mol.